The monoisotopic (exact) mass is 250 g/mol. The zero-order valence-corrected chi connectivity index (χ0v) is 10.5. The quantitative estimate of drug-likeness (QED) is 0.643. The molecule has 5 nitrogen and oxygen atoms in total. The normalized spacial score (nSPS) is 20.8. The van der Waals surface area contributed by atoms with Crippen molar-refractivity contribution in [3.8, 4) is 0 Å². The fraction of sp³-hybridized carbons (Fsp3) is 0.538. The van der Waals surface area contributed by atoms with Crippen molar-refractivity contribution >= 4 is 5.69 Å². The van der Waals surface area contributed by atoms with E-state index in [-0.39, 0.29) is 16.7 Å². The molecule has 0 radical (unpaired) electrons. The van der Waals surface area contributed by atoms with E-state index in [0.29, 0.717) is 5.92 Å². The number of nitro benzene ring substituents is 1. The Morgan fingerprint density at radius 1 is 1.61 bits per heavy atom. The van der Waals surface area contributed by atoms with Crippen molar-refractivity contribution < 1.29 is 9.66 Å². The van der Waals surface area contributed by atoms with Gasteiger partial charge in [-0.2, -0.15) is 0 Å². The van der Waals surface area contributed by atoms with Gasteiger partial charge in [0, 0.05) is 31.3 Å². The molecule has 1 saturated heterocycles. The lowest BCUT2D eigenvalue weighted by atomic mass is 10.1. The summed E-state index contributed by atoms with van der Waals surface area (Å²) in [5.74, 6) is 0.561. The van der Waals surface area contributed by atoms with Gasteiger partial charge in [0.1, 0.15) is 0 Å². The van der Waals surface area contributed by atoms with Crippen molar-refractivity contribution in [2.75, 3.05) is 19.8 Å². The van der Waals surface area contributed by atoms with Crippen LogP contribution in [0.2, 0.25) is 0 Å². The summed E-state index contributed by atoms with van der Waals surface area (Å²) < 4.78 is 5.32. The summed E-state index contributed by atoms with van der Waals surface area (Å²) in [4.78, 5) is 10.4. The highest BCUT2D eigenvalue weighted by Crippen LogP contribution is 2.20. The Hall–Kier alpha value is -1.46. The maximum Gasteiger partial charge on any atom is 0.269 e. The van der Waals surface area contributed by atoms with Crippen molar-refractivity contribution in [1.29, 1.82) is 0 Å². The minimum atomic E-state index is -0.360. The molecule has 1 fully saturated rings. The molecular weight excluding hydrogens is 232 g/mol. The molecule has 0 aliphatic carbocycles. The van der Waals surface area contributed by atoms with Crippen LogP contribution in [0.1, 0.15) is 24.9 Å². The molecule has 2 rings (SSSR count). The Morgan fingerprint density at radius 2 is 2.44 bits per heavy atom. The van der Waals surface area contributed by atoms with Gasteiger partial charge in [0.05, 0.1) is 11.5 Å². The smallest absolute Gasteiger partial charge is 0.269 e. The molecule has 1 aromatic carbocycles. The largest absolute Gasteiger partial charge is 0.381 e. The summed E-state index contributed by atoms with van der Waals surface area (Å²) in [6.45, 7) is 4.57. The average Bonchev–Trinajstić information content (AvgIpc) is 2.89. The third kappa shape index (κ3) is 3.27. The van der Waals surface area contributed by atoms with Crippen LogP contribution in [-0.2, 0) is 4.74 Å². The summed E-state index contributed by atoms with van der Waals surface area (Å²) in [5.41, 5.74) is 1.09. The number of ether oxygens (including phenoxy) is 1. The summed E-state index contributed by atoms with van der Waals surface area (Å²) in [5, 5.41) is 14.1. The van der Waals surface area contributed by atoms with Crippen LogP contribution in [0.25, 0.3) is 0 Å². The zero-order valence-electron chi connectivity index (χ0n) is 10.5. The molecule has 0 amide bonds. The van der Waals surface area contributed by atoms with Crippen LogP contribution in [-0.4, -0.2) is 24.7 Å². The van der Waals surface area contributed by atoms with Gasteiger partial charge in [-0.15, -0.1) is 0 Å². The number of benzene rings is 1. The summed E-state index contributed by atoms with van der Waals surface area (Å²) in [6, 6.07) is 6.90. The van der Waals surface area contributed by atoms with E-state index < -0.39 is 0 Å². The highest BCUT2D eigenvalue weighted by atomic mass is 16.6. The fourth-order valence-corrected chi connectivity index (χ4v) is 2.11. The Balaban J connectivity index is 1.93. The topological polar surface area (TPSA) is 64.4 Å². The van der Waals surface area contributed by atoms with Crippen LogP contribution >= 0.6 is 0 Å². The minimum Gasteiger partial charge on any atom is -0.381 e. The van der Waals surface area contributed by atoms with Gasteiger partial charge in [0.25, 0.3) is 5.69 Å². The van der Waals surface area contributed by atoms with Gasteiger partial charge in [-0.05, 0) is 24.8 Å². The van der Waals surface area contributed by atoms with Gasteiger partial charge in [0.2, 0.25) is 0 Å². The van der Waals surface area contributed by atoms with Crippen molar-refractivity contribution in [2.45, 2.75) is 19.4 Å². The van der Waals surface area contributed by atoms with Crippen molar-refractivity contribution in [3.63, 3.8) is 0 Å². The maximum absolute atomic E-state index is 10.7. The first-order chi connectivity index (χ1) is 8.66. The standard InChI is InChI=1S/C13H18N2O3/c1-10(14-8-11-5-6-18-9-11)12-3-2-4-13(7-12)15(16)17/h2-4,7,10-11,14H,5-6,8-9H2,1H3. The van der Waals surface area contributed by atoms with Crippen LogP contribution in [0.4, 0.5) is 5.69 Å². The molecule has 0 aromatic heterocycles. The summed E-state index contributed by atoms with van der Waals surface area (Å²) in [7, 11) is 0. The van der Waals surface area contributed by atoms with E-state index in [4.69, 9.17) is 4.74 Å². The lowest BCUT2D eigenvalue weighted by Crippen LogP contribution is -2.26. The second-order valence-electron chi connectivity index (χ2n) is 4.71. The molecule has 0 spiro atoms. The molecular formula is C13H18N2O3. The lowest BCUT2D eigenvalue weighted by molar-refractivity contribution is -0.384. The molecule has 1 heterocycles. The predicted molar refractivity (Wildman–Crippen MR) is 68.4 cm³/mol. The number of rotatable bonds is 5. The fourth-order valence-electron chi connectivity index (χ4n) is 2.11. The molecule has 1 aliphatic rings. The van der Waals surface area contributed by atoms with Crippen LogP contribution in [0.15, 0.2) is 24.3 Å². The first-order valence-electron chi connectivity index (χ1n) is 6.22. The number of hydrogen-bond acceptors (Lipinski definition) is 4. The Labute approximate surface area is 106 Å². The summed E-state index contributed by atoms with van der Waals surface area (Å²) in [6.07, 6.45) is 1.09. The number of nitrogens with zero attached hydrogens (tertiary/aromatic N) is 1. The first-order valence-corrected chi connectivity index (χ1v) is 6.22. The third-order valence-electron chi connectivity index (χ3n) is 3.32. The first kappa shape index (κ1) is 13.0. The molecule has 1 N–H and O–H groups in total. The molecule has 0 saturated carbocycles. The van der Waals surface area contributed by atoms with Crippen LogP contribution < -0.4 is 5.32 Å². The SMILES string of the molecule is CC(NCC1CCOC1)c1cccc([N+](=O)[O-])c1. The van der Waals surface area contributed by atoms with Gasteiger partial charge < -0.3 is 10.1 Å². The van der Waals surface area contributed by atoms with E-state index >= 15 is 0 Å². The molecule has 18 heavy (non-hydrogen) atoms. The van der Waals surface area contributed by atoms with Gasteiger partial charge in [-0.1, -0.05) is 12.1 Å². The van der Waals surface area contributed by atoms with E-state index in [1.807, 2.05) is 13.0 Å². The molecule has 2 atom stereocenters. The van der Waals surface area contributed by atoms with E-state index in [9.17, 15) is 10.1 Å². The van der Waals surface area contributed by atoms with Gasteiger partial charge in [0.15, 0.2) is 0 Å². The Morgan fingerprint density at radius 3 is 3.11 bits per heavy atom. The van der Waals surface area contributed by atoms with Crippen LogP contribution in [0.5, 0.6) is 0 Å². The highest BCUT2D eigenvalue weighted by Gasteiger charge is 2.17. The minimum absolute atomic E-state index is 0.116. The van der Waals surface area contributed by atoms with Crippen molar-refractivity contribution in [1.82, 2.24) is 5.32 Å². The number of nitrogens with one attached hydrogen (secondary N) is 1. The second-order valence-corrected chi connectivity index (χ2v) is 4.71. The molecule has 98 valence electrons. The van der Waals surface area contributed by atoms with Gasteiger partial charge >= 0.3 is 0 Å². The summed E-state index contributed by atoms with van der Waals surface area (Å²) >= 11 is 0. The molecule has 2 unspecified atom stereocenters. The van der Waals surface area contributed by atoms with E-state index in [1.54, 1.807) is 12.1 Å². The Kier molecular flexibility index (Phi) is 4.28. The predicted octanol–water partition coefficient (Wildman–Crippen LogP) is 2.28. The number of hydrogen-bond donors (Lipinski definition) is 1. The van der Waals surface area contributed by atoms with Gasteiger partial charge in [-0.25, -0.2) is 0 Å². The van der Waals surface area contributed by atoms with Crippen LogP contribution in [0.3, 0.4) is 0 Å². The molecule has 1 aromatic rings. The Bertz CT molecular complexity index is 416. The van der Waals surface area contributed by atoms with E-state index in [0.717, 1.165) is 31.7 Å². The van der Waals surface area contributed by atoms with Crippen LogP contribution in [0, 0.1) is 16.0 Å². The molecule has 1 aliphatic heterocycles. The highest BCUT2D eigenvalue weighted by molar-refractivity contribution is 5.35. The maximum atomic E-state index is 10.7. The average molecular weight is 250 g/mol. The van der Waals surface area contributed by atoms with Crippen molar-refractivity contribution in [3.05, 3.63) is 39.9 Å². The zero-order chi connectivity index (χ0) is 13.0. The molecule has 5 heteroatoms. The lowest BCUT2D eigenvalue weighted by Gasteiger charge is -2.16. The second kappa shape index (κ2) is 5.93. The van der Waals surface area contributed by atoms with E-state index in [1.165, 1.54) is 6.07 Å². The van der Waals surface area contributed by atoms with E-state index in [2.05, 4.69) is 5.32 Å². The number of non-ortho nitro benzene ring substituents is 1. The number of nitro groups is 1. The third-order valence-corrected chi connectivity index (χ3v) is 3.32. The van der Waals surface area contributed by atoms with Crippen molar-refractivity contribution in [2.24, 2.45) is 5.92 Å². The van der Waals surface area contributed by atoms with Gasteiger partial charge in [-0.3, -0.25) is 10.1 Å². The molecule has 0 bridgehead atoms.